The highest BCUT2D eigenvalue weighted by Crippen LogP contribution is 2.46. The summed E-state index contributed by atoms with van der Waals surface area (Å²) in [6.45, 7) is 0.852. The molecule has 6 nitrogen and oxygen atoms in total. The molecule has 0 aromatic rings. The second kappa shape index (κ2) is 12.2. The van der Waals surface area contributed by atoms with Gasteiger partial charge in [0.15, 0.2) is 0 Å². The Kier molecular flexibility index (Phi) is 12.1. The molecule has 0 saturated carbocycles. The normalized spacial score (nSPS) is 12.8. The largest absolute Gasteiger partial charge is 0.396 e. The van der Waals surface area contributed by atoms with Crippen LogP contribution in [0.2, 0.25) is 0 Å². The van der Waals surface area contributed by atoms with E-state index in [1.807, 2.05) is 0 Å². The van der Waals surface area contributed by atoms with Crippen LogP contribution in [0, 0.1) is 5.41 Å². The smallest absolute Gasteiger partial charge is 0.0431 e. The minimum Gasteiger partial charge on any atom is -0.396 e. The summed E-state index contributed by atoms with van der Waals surface area (Å²) in [7, 11) is 0. The molecule has 0 unspecified atom stereocenters. The third-order valence-corrected chi connectivity index (χ3v) is 4.87. The average Bonchev–Trinajstić information content (AvgIpc) is 2.53. The average molecular weight is 320 g/mol. The number of rotatable bonds is 15. The Morgan fingerprint density at radius 1 is 0.591 bits per heavy atom. The SMILES string of the molecule is NCCC(CCCO)(CCCO)C(N)(CCCO)CCCO. The van der Waals surface area contributed by atoms with Crippen LogP contribution in [0.1, 0.15) is 57.8 Å². The summed E-state index contributed by atoms with van der Waals surface area (Å²) in [5.41, 5.74) is 11.8. The van der Waals surface area contributed by atoms with Gasteiger partial charge in [0.2, 0.25) is 0 Å². The van der Waals surface area contributed by atoms with Gasteiger partial charge in [0.1, 0.15) is 0 Å². The Bertz CT molecular complexity index is 249. The summed E-state index contributed by atoms with van der Waals surface area (Å²) >= 11 is 0. The maximum atomic E-state index is 9.24. The zero-order chi connectivity index (χ0) is 16.9. The maximum absolute atomic E-state index is 9.24. The summed E-state index contributed by atoms with van der Waals surface area (Å²) in [4.78, 5) is 0. The van der Waals surface area contributed by atoms with Crippen molar-refractivity contribution in [1.29, 1.82) is 0 Å². The molecule has 134 valence electrons. The molecule has 0 aromatic heterocycles. The maximum Gasteiger partial charge on any atom is 0.0431 e. The first-order chi connectivity index (χ1) is 10.6. The molecule has 0 aliphatic carbocycles. The first kappa shape index (κ1) is 21.8. The van der Waals surface area contributed by atoms with Gasteiger partial charge in [-0.3, -0.25) is 0 Å². The highest BCUT2D eigenvalue weighted by molar-refractivity contribution is 5.02. The van der Waals surface area contributed by atoms with Gasteiger partial charge in [-0.1, -0.05) is 0 Å². The Balaban J connectivity index is 5.41. The Labute approximate surface area is 134 Å². The van der Waals surface area contributed by atoms with E-state index in [9.17, 15) is 20.4 Å². The third-order valence-electron chi connectivity index (χ3n) is 4.87. The lowest BCUT2D eigenvalue weighted by atomic mass is 9.59. The van der Waals surface area contributed by atoms with Crippen LogP contribution in [-0.4, -0.2) is 58.9 Å². The van der Waals surface area contributed by atoms with E-state index in [0.717, 1.165) is 19.3 Å². The van der Waals surface area contributed by atoms with Gasteiger partial charge in [-0.15, -0.1) is 0 Å². The van der Waals surface area contributed by atoms with E-state index in [1.54, 1.807) is 0 Å². The quantitative estimate of drug-likeness (QED) is 0.254. The number of aliphatic hydroxyl groups excluding tert-OH is 4. The second-order valence-electron chi connectivity index (χ2n) is 6.28. The highest BCUT2D eigenvalue weighted by Gasteiger charge is 2.46. The van der Waals surface area contributed by atoms with Crippen LogP contribution in [0.25, 0.3) is 0 Å². The van der Waals surface area contributed by atoms with E-state index >= 15 is 0 Å². The van der Waals surface area contributed by atoms with Crippen LogP contribution in [0.5, 0.6) is 0 Å². The van der Waals surface area contributed by atoms with Crippen LogP contribution in [0.4, 0.5) is 0 Å². The molecule has 0 radical (unpaired) electrons. The van der Waals surface area contributed by atoms with Crippen LogP contribution >= 0.6 is 0 Å². The molecule has 6 heteroatoms. The molecule has 8 N–H and O–H groups in total. The van der Waals surface area contributed by atoms with Gasteiger partial charge < -0.3 is 31.9 Å². The summed E-state index contributed by atoms with van der Waals surface area (Å²) in [6, 6.07) is 0. The molecule has 0 saturated heterocycles. The standard InChI is InChI=1S/C16H36N2O4/c17-10-9-15(5-1-11-19,6-2-12-20)16(18,7-3-13-21)8-4-14-22/h19-22H,1-14,17-18H2. The number of hydrogen-bond donors (Lipinski definition) is 6. The molecule has 0 bridgehead atoms. The van der Waals surface area contributed by atoms with Gasteiger partial charge in [-0.25, -0.2) is 0 Å². The van der Waals surface area contributed by atoms with Crippen molar-refractivity contribution < 1.29 is 20.4 Å². The molecule has 0 aliphatic heterocycles. The fourth-order valence-corrected chi connectivity index (χ4v) is 3.68. The molecule has 0 spiro atoms. The monoisotopic (exact) mass is 320 g/mol. The van der Waals surface area contributed by atoms with E-state index in [4.69, 9.17) is 11.5 Å². The van der Waals surface area contributed by atoms with Crippen molar-refractivity contribution in [2.45, 2.75) is 63.3 Å². The van der Waals surface area contributed by atoms with Gasteiger partial charge in [0, 0.05) is 32.0 Å². The molecule has 0 heterocycles. The predicted octanol–water partition coefficient (Wildman–Crippen LogP) is 0.109. The zero-order valence-electron chi connectivity index (χ0n) is 13.8. The van der Waals surface area contributed by atoms with Crippen LogP contribution < -0.4 is 11.5 Å². The van der Waals surface area contributed by atoms with Crippen molar-refractivity contribution in [2.75, 3.05) is 33.0 Å². The predicted molar refractivity (Wildman–Crippen MR) is 88.3 cm³/mol. The molecule has 0 amide bonds. The van der Waals surface area contributed by atoms with Crippen LogP contribution in [0.3, 0.4) is 0 Å². The van der Waals surface area contributed by atoms with E-state index < -0.39 is 5.54 Å². The number of aliphatic hydroxyl groups is 4. The Morgan fingerprint density at radius 3 is 1.27 bits per heavy atom. The molecule has 0 fully saturated rings. The summed E-state index contributed by atoms with van der Waals surface area (Å²) in [6.07, 6.45) is 6.01. The third kappa shape index (κ3) is 6.48. The van der Waals surface area contributed by atoms with Gasteiger partial charge in [-0.2, -0.15) is 0 Å². The van der Waals surface area contributed by atoms with Crippen molar-refractivity contribution in [3.8, 4) is 0 Å². The van der Waals surface area contributed by atoms with Crippen molar-refractivity contribution in [3.63, 3.8) is 0 Å². The first-order valence-corrected chi connectivity index (χ1v) is 8.48. The molecule has 22 heavy (non-hydrogen) atoms. The summed E-state index contributed by atoms with van der Waals surface area (Å²) < 4.78 is 0. The van der Waals surface area contributed by atoms with Crippen molar-refractivity contribution >= 4 is 0 Å². The minimum atomic E-state index is -0.553. The lowest BCUT2D eigenvalue weighted by molar-refractivity contribution is 0.0417. The van der Waals surface area contributed by atoms with E-state index in [2.05, 4.69) is 0 Å². The molecular weight excluding hydrogens is 284 g/mol. The van der Waals surface area contributed by atoms with Gasteiger partial charge in [0.05, 0.1) is 0 Å². The molecule has 0 atom stereocenters. The van der Waals surface area contributed by atoms with Crippen molar-refractivity contribution in [3.05, 3.63) is 0 Å². The Morgan fingerprint density at radius 2 is 0.955 bits per heavy atom. The minimum absolute atomic E-state index is 0.0801. The molecular formula is C16H36N2O4. The first-order valence-electron chi connectivity index (χ1n) is 8.48. The van der Waals surface area contributed by atoms with Crippen LogP contribution in [-0.2, 0) is 0 Å². The van der Waals surface area contributed by atoms with Crippen molar-refractivity contribution in [2.24, 2.45) is 16.9 Å². The lowest BCUT2D eigenvalue weighted by Gasteiger charge is -2.50. The summed E-state index contributed by atoms with van der Waals surface area (Å²) in [5.74, 6) is 0. The van der Waals surface area contributed by atoms with E-state index in [0.29, 0.717) is 45.1 Å². The van der Waals surface area contributed by atoms with Gasteiger partial charge in [0.25, 0.3) is 0 Å². The fraction of sp³-hybridized carbons (Fsp3) is 1.00. The van der Waals surface area contributed by atoms with E-state index in [-0.39, 0.29) is 31.8 Å². The fourth-order valence-electron chi connectivity index (χ4n) is 3.68. The summed E-state index contributed by atoms with van der Waals surface area (Å²) in [5, 5.41) is 36.9. The molecule has 0 aliphatic rings. The Hall–Kier alpha value is -0.240. The lowest BCUT2D eigenvalue weighted by Crippen LogP contribution is -2.56. The van der Waals surface area contributed by atoms with Crippen molar-refractivity contribution in [1.82, 2.24) is 0 Å². The van der Waals surface area contributed by atoms with Crippen LogP contribution in [0.15, 0.2) is 0 Å². The van der Waals surface area contributed by atoms with E-state index in [1.165, 1.54) is 0 Å². The topological polar surface area (TPSA) is 133 Å². The van der Waals surface area contributed by atoms with Gasteiger partial charge in [-0.05, 0) is 69.7 Å². The number of nitrogens with two attached hydrogens (primary N) is 2. The number of hydrogen-bond acceptors (Lipinski definition) is 6. The second-order valence-corrected chi connectivity index (χ2v) is 6.28. The highest BCUT2D eigenvalue weighted by atomic mass is 16.3. The molecule has 0 rings (SSSR count). The van der Waals surface area contributed by atoms with Gasteiger partial charge >= 0.3 is 0 Å². The zero-order valence-corrected chi connectivity index (χ0v) is 13.8. The molecule has 0 aromatic carbocycles.